The quantitative estimate of drug-likeness (QED) is 0.447. The van der Waals surface area contributed by atoms with Gasteiger partial charge >= 0.3 is 0 Å². The summed E-state index contributed by atoms with van der Waals surface area (Å²) in [6, 6.07) is 3.67. The number of amides is 2. The standard InChI is InChI=1S/C18H21N3O6/c1-12-2-3-13(21(24)25)10-14(12)20-16(22)11-15(17(20)23)19-6-4-18(5-7-19)26-8-9-27-18/h2-3,10,15H,4-9,11H2,1H3/t15-/m0/s1. The predicted octanol–water partition coefficient (Wildman–Crippen LogP) is 1.37. The number of anilines is 1. The highest BCUT2D eigenvalue weighted by molar-refractivity contribution is 6.22. The van der Waals surface area contributed by atoms with E-state index in [0.29, 0.717) is 44.7 Å². The highest BCUT2D eigenvalue weighted by Crippen LogP contribution is 2.35. The van der Waals surface area contributed by atoms with E-state index in [1.165, 1.54) is 12.1 Å². The van der Waals surface area contributed by atoms with E-state index in [9.17, 15) is 19.7 Å². The molecule has 27 heavy (non-hydrogen) atoms. The van der Waals surface area contributed by atoms with Gasteiger partial charge in [0.2, 0.25) is 5.91 Å². The van der Waals surface area contributed by atoms with Crippen LogP contribution in [-0.2, 0) is 19.1 Å². The Kier molecular flexibility index (Phi) is 4.45. The first-order valence-electron chi connectivity index (χ1n) is 9.04. The molecule has 9 heteroatoms. The number of ether oxygens (including phenoxy) is 2. The number of carbonyl (C=O) groups excluding carboxylic acids is 2. The van der Waals surface area contributed by atoms with Crippen LogP contribution in [0.4, 0.5) is 11.4 Å². The predicted molar refractivity (Wildman–Crippen MR) is 94.2 cm³/mol. The van der Waals surface area contributed by atoms with E-state index < -0.39 is 16.8 Å². The highest BCUT2D eigenvalue weighted by Gasteiger charge is 2.47. The summed E-state index contributed by atoms with van der Waals surface area (Å²) in [5.41, 5.74) is 0.793. The van der Waals surface area contributed by atoms with Crippen LogP contribution in [0.15, 0.2) is 18.2 Å². The van der Waals surface area contributed by atoms with Crippen LogP contribution >= 0.6 is 0 Å². The molecule has 1 atom stereocenters. The molecule has 3 fully saturated rings. The van der Waals surface area contributed by atoms with Crippen LogP contribution in [0.2, 0.25) is 0 Å². The van der Waals surface area contributed by atoms with Gasteiger partial charge in [-0.3, -0.25) is 24.6 Å². The zero-order chi connectivity index (χ0) is 19.2. The Hall–Kier alpha value is -2.36. The Morgan fingerprint density at radius 2 is 1.85 bits per heavy atom. The second kappa shape index (κ2) is 6.66. The summed E-state index contributed by atoms with van der Waals surface area (Å²) < 4.78 is 11.4. The minimum absolute atomic E-state index is 0.0790. The van der Waals surface area contributed by atoms with E-state index in [1.807, 2.05) is 4.90 Å². The van der Waals surface area contributed by atoms with Gasteiger partial charge in [-0.2, -0.15) is 0 Å². The monoisotopic (exact) mass is 375 g/mol. The lowest BCUT2D eigenvalue weighted by Crippen LogP contribution is -2.51. The maximum Gasteiger partial charge on any atom is 0.271 e. The molecule has 2 amide bonds. The largest absolute Gasteiger partial charge is 0.347 e. The molecule has 1 spiro atoms. The topological polar surface area (TPSA) is 102 Å². The SMILES string of the molecule is Cc1ccc([N+](=O)[O-])cc1N1C(=O)C[C@H](N2CCC3(CC2)OCCO3)C1=O. The number of nitro groups is 1. The summed E-state index contributed by atoms with van der Waals surface area (Å²) in [6.45, 7) is 4.10. The molecular formula is C18H21N3O6. The number of piperidine rings is 1. The second-order valence-electron chi connectivity index (χ2n) is 7.16. The lowest BCUT2D eigenvalue weighted by Gasteiger charge is -2.39. The third-order valence-corrected chi connectivity index (χ3v) is 5.58. The van der Waals surface area contributed by atoms with E-state index in [2.05, 4.69) is 0 Å². The highest BCUT2D eigenvalue weighted by atomic mass is 16.7. The maximum absolute atomic E-state index is 13.0. The summed E-state index contributed by atoms with van der Waals surface area (Å²) in [5, 5.41) is 11.1. The van der Waals surface area contributed by atoms with Gasteiger partial charge in [0.25, 0.3) is 11.6 Å². The number of aryl methyl sites for hydroxylation is 1. The molecule has 0 N–H and O–H groups in total. The molecule has 0 saturated carbocycles. The Morgan fingerprint density at radius 1 is 1.19 bits per heavy atom. The van der Waals surface area contributed by atoms with Gasteiger partial charge in [-0.1, -0.05) is 6.07 Å². The maximum atomic E-state index is 13.0. The third kappa shape index (κ3) is 3.11. The van der Waals surface area contributed by atoms with Crippen molar-refractivity contribution in [1.29, 1.82) is 0 Å². The third-order valence-electron chi connectivity index (χ3n) is 5.58. The molecule has 0 bridgehead atoms. The van der Waals surface area contributed by atoms with Gasteiger partial charge in [0.05, 0.1) is 36.3 Å². The lowest BCUT2D eigenvalue weighted by atomic mass is 10.0. The van der Waals surface area contributed by atoms with Crippen LogP contribution in [0.25, 0.3) is 0 Å². The first kappa shape index (κ1) is 18.0. The fraction of sp³-hybridized carbons (Fsp3) is 0.556. The van der Waals surface area contributed by atoms with Crippen LogP contribution in [0, 0.1) is 17.0 Å². The fourth-order valence-electron chi connectivity index (χ4n) is 4.07. The van der Waals surface area contributed by atoms with Gasteiger partial charge in [-0.05, 0) is 12.5 Å². The average molecular weight is 375 g/mol. The van der Waals surface area contributed by atoms with Crippen molar-refractivity contribution in [3.8, 4) is 0 Å². The van der Waals surface area contributed by atoms with Gasteiger partial charge in [-0.15, -0.1) is 0 Å². The molecule has 0 unspecified atom stereocenters. The number of non-ortho nitro benzene ring substituents is 1. The first-order valence-corrected chi connectivity index (χ1v) is 9.04. The number of rotatable bonds is 3. The summed E-state index contributed by atoms with van der Waals surface area (Å²) >= 11 is 0. The molecule has 144 valence electrons. The number of benzene rings is 1. The van der Waals surface area contributed by atoms with Crippen molar-refractivity contribution in [2.45, 2.75) is 38.0 Å². The van der Waals surface area contributed by atoms with Crippen LogP contribution in [0.3, 0.4) is 0 Å². The number of hydrogen-bond acceptors (Lipinski definition) is 7. The number of carbonyl (C=O) groups is 2. The van der Waals surface area contributed by atoms with Crippen molar-refractivity contribution in [1.82, 2.24) is 4.90 Å². The van der Waals surface area contributed by atoms with E-state index >= 15 is 0 Å². The Balaban J connectivity index is 1.53. The van der Waals surface area contributed by atoms with Crippen molar-refractivity contribution in [3.63, 3.8) is 0 Å². The summed E-state index contributed by atoms with van der Waals surface area (Å²) in [6.07, 6.45) is 1.39. The fourth-order valence-corrected chi connectivity index (χ4v) is 4.07. The Bertz CT molecular complexity index is 794. The minimum atomic E-state index is -0.546. The molecular weight excluding hydrogens is 354 g/mol. The van der Waals surface area contributed by atoms with Crippen molar-refractivity contribution < 1.29 is 24.0 Å². The zero-order valence-corrected chi connectivity index (χ0v) is 15.1. The molecule has 3 aliphatic rings. The van der Waals surface area contributed by atoms with Gasteiger partial charge in [0.1, 0.15) is 0 Å². The first-order chi connectivity index (χ1) is 12.9. The summed E-state index contributed by atoms with van der Waals surface area (Å²) in [7, 11) is 0. The molecule has 1 aromatic rings. The number of nitrogens with zero attached hydrogens (tertiary/aromatic N) is 3. The van der Waals surface area contributed by atoms with Crippen molar-refractivity contribution >= 4 is 23.2 Å². The van der Waals surface area contributed by atoms with Crippen molar-refractivity contribution in [2.24, 2.45) is 0 Å². The van der Waals surface area contributed by atoms with E-state index in [0.717, 1.165) is 4.90 Å². The Morgan fingerprint density at radius 3 is 2.48 bits per heavy atom. The zero-order valence-electron chi connectivity index (χ0n) is 15.1. The molecule has 0 aliphatic carbocycles. The van der Waals surface area contributed by atoms with Crippen LogP contribution in [0.1, 0.15) is 24.8 Å². The van der Waals surface area contributed by atoms with Gasteiger partial charge in [0, 0.05) is 38.1 Å². The van der Waals surface area contributed by atoms with Crippen LogP contribution in [-0.4, -0.2) is 59.8 Å². The van der Waals surface area contributed by atoms with Crippen LogP contribution < -0.4 is 4.90 Å². The number of likely N-dealkylation sites (tertiary alicyclic amines) is 1. The van der Waals surface area contributed by atoms with Gasteiger partial charge < -0.3 is 9.47 Å². The van der Waals surface area contributed by atoms with E-state index in [-0.39, 0.29) is 29.6 Å². The van der Waals surface area contributed by atoms with Gasteiger partial charge in [-0.25, -0.2) is 4.90 Å². The number of nitro benzene ring substituents is 1. The molecule has 3 aliphatic heterocycles. The molecule has 9 nitrogen and oxygen atoms in total. The van der Waals surface area contributed by atoms with E-state index in [4.69, 9.17) is 9.47 Å². The molecule has 0 aromatic heterocycles. The average Bonchev–Trinajstić information content (AvgIpc) is 3.21. The molecule has 1 aromatic carbocycles. The van der Waals surface area contributed by atoms with Gasteiger partial charge in [0.15, 0.2) is 5.79 Å². The molecule has 3 saturated heterocycles. The molecule has 3 heterocycles. The number of imide groups is 1. The lowest BCUT2D eigenvalue weighted by molar-refractivity contribution is -0.384. The smallest absolute Gasteiger partial charge is 0.271 e. The number of hydrogen-bond donors (Lipinski definition) is 0. The normalized spacial score (nSPS) is 25.5. The molecule has 0 radical (unpaired) electrons. The van der Waals surface area contributed by atoms with Crippen LogP contribution in [0.5, 0.6) is 0 Å². The molecule has 4 rings (SSSR count). The second-order valence-corrected chi connectivity index (χ2v) is 7.16. The summed E-state index contributed by atoms with van der Waals surface area (Å²) in [5.74, 6) is -1.20. The van der Waals surface area contributed by atoms with Crippen molar-refractivity contribution in [2.75, 3.05) is 31.2 Å². The van der Waals surface area contributed by atoms with E-state index in [1.54, 1.807) is 13.0 Å². The van der Waals surface area contributed by atoms with Crippen molar-refractivity contribution in [3.05, 3.63) is 33.9 Å². The minimum Gasteiger partial charge on any atom is -0.347 e. The Labute approximate surface area is 156 Å². The summed E-state index contributed by atoms with van der Waals surface area (Å²) in [4.78, 5) is 39.2.